The largest absolute Gasteiger partial charge is 0.337 e. The van der Waals surface area contributed by atoms with E-state index < -0.39 is 5.41 Å². The predicted octanol–water partition coefficient (Wildman–Crippen LogP) is 16.5. The Labute approximate surface area is 370 Å². The second-order valence-electron chi connectivity index (χ2n) is 17.5. The van der Waals surface area contributed by atoms with Crippen molar-refractivity contribution in [3.05, 3.63) is 247 Å². The van der Waals surface area contributed by atoms with Crippen LogP contribution in [0.2, 0.25) is 0 Å². The first-order valence-corrected chi connectivity index (χ1v) is 22.7. The van der Waals surface area contributed by atoms with E-state index in [9.17, 15) is 0 Å². The molecule has 0 atom stereocenters. The Bertz CT molecular complexity index is 3190. The van der Waals surface area contributed by atoms with Crippen LogP contribution in [-0.2, 0) is 5.41 Å². The average molecular weight is 809 g/mol. The van der Waals surface area contributed by atoms with Crippen molar-refractivity contribution in [1.82, 2.24) is 4.57 Å². The molecule has 1 heterocycles. The van der Waals surface area contributed by atoms with Gasteiger partial charge in [0.2, 0.25) is 0 Å². The first kappa shape index (κ1) is 37.4. The monoisotopic (exact) mass is 808 g/mol. The number of rotatable bonds is 8. The summed E-state index contributed by atoms with van der Waals surface area (Å²) in [4.78, 5) is 2.41. The number of fused-ring (bicyclic) bond motifs is 6. The van der Waals surface area contributed by atoms with Crippen LogP contribution in [0.5, 0.6) is 0 Å². The van der Waals surface area contributed by atoms with Crippen LogP contribution >= 0.6 is 0 Å². The maximum atomic E-state index is 2.66. The van der Waals surface area contributed by atoms with Gasteiger partial charge < -0.3 is 9.47 Å². The Kier molecular flexibility index (Phi) is 9.18. The summed E-state index contributed by atoms with van der Waals surface area (Å²) in [6.45, 7) is 0. The van der Waals surface area contributed by atoms with E-state index in [2.05, 4.69) is 234 Å². The molecule has 2 aliphatic carbocycles. The van der Waals surface area contributed by atoms with Gasteiger partial charge in [0.05, 0.1) is 5.41 Å². The summed E-state index contributed by atoms with van der Waals surface area (Å²) in [7, 11) is 0. The molecule has 1 aromatic heterocycles. The lowest BCUT2D eigenvalue weighted by atomic mass is 9.67. The van der Waals surface area contributed by atoms with Gasteiger partial charge >= 0.3 is 0 Å². The second kappa shape index (κ2) is 15.5. The molecule has 0 amide bonds. The van der Waals surface area contributed by atoms with Gasteiger partial charge in [0.1, 0.15) is 0 Å². The summed E-state index contributed by atoms with van der Waals surface area (Å²) in [5.74, 6) is 0. The van der Waals surface area contributed by atoms with Crippen LogP contribution in [0.1, 0.15) is 60.4 Å². The van der Waals surface area contributed by atoms with Gasteiger partial charge in [0, 0.05) is 44.9 Å². The van der Waals surface area contributed by atoms with Crippen molar-refractivity contribution in [1.29, 1.82) is 0 Å². The van der Waals surface area contributed by atoms with Crippen LogP contribution in [0.3, 0.4) is 0 Å². The summed E-state index contributed by atoms with van der Waals surface area (Å²) in [5, 5.41) is 2.69. The molecule has 0 unspecified atom stereocenters. The lowest BCUT2D eigenvalue weighted by Crippen LogP contribution is -2.28. The average Bonchev–Trinajstić information content (AvgIpc) is 3.85. The normalized spacial score (nSPS) is 14.4. The highest BCUT2D eigenvalue weighted by Gasteiger charge is 2.46. The second-order valence-corrected chi connectivity index (χ2v) is 17.5. The first-order valence-electron chi connectivity index (χ1n) is 22.7. The number of hydrogen-bond donors (Lipinski definition) is 0. The molecular weight excluding hydrogens is 761 g/mol. The van der Waals surface area contributed by atoms with Crippen molar-refractivity contribution >= 4 is 38.9 Å². The summed E-state index contributed by atoms with van der Waals surface area (Å²) in [6, 6.07) is 84.1. The lowest BCUT2D eigenvalue weighted by Gasteiger charge is -2.35. The number of anilines is 3. The number of aromatic nitrogens is 1. The summed E-state index contributed by atoms with van der Waals surface area (Å²) in [6.07, 6.45) is 6.49. The molecule has 12 rings (SSSR count). The molecule has 302 valence electrons. The van der Waals surface area contributed by atoms with Crippen LogP contribution in [0.4, 0.5) is 17.1 Å². The summed E-state index contributed by atoms with van der Waals surface area (Å²) >= 11 is 0. The molecule has 0 aliphatic heterocycles. The molecule has 2 aliphatic rings. The van der Waals surface area contributed by atoms with Crippen molar-refractivity contribution in [2.24, 2.45) is 0 Å². The van der Waals surface area contributed by atoms with Crippen molar-refractivity contribution < 1.29 is 0 Å². The molecule has 0 radical (unpaired) electrons. The van der Waals surface area contributed by atoms with E-state index in [4.69, 9.17) is 0 Å². The third kappa shape index (κ3) is 6.15. The Morgan fingerprint density at radius 3 is 1.56 bits per heavy atom. The van der Waals surface area contributed by atoms with E-state index in [1.807, 2.05) is 0 Å². The van der Waals surface area contributed by atoms with Gasteiger partial charge in [0.15, 0.2) is 0 Å². The van der Waals surface area contributed by atoms with Gasteiger partial charge in [-0.2, -0.15) is 0 Å². The Balaban J connectivity index is 1.05. The molecule has 2 heteroatoms. The predicted molar refractivity (Wildman–Crippen MR) is 264 cm³/mol. The third-order valence-electron chi connectivity index (χ3n) is 14.0. The fourth-order valence-electron chi connectivity index (χ4n) is 11.2. The lowest BCUT2D eigenvalue weighted by molar-refractivity contribution is 0.367. The molecule has 0 spiro atoms. The molecule has 63 heavy (non-hydrogen) atoms. The van der Waals surface area contributed by atoms with E-state index in [1.54, 1.807) is 0 Å². The van der Waals surface area contributed by atoms with E-state index in [1.165, 1.54) is 110 Å². The Morgan fingerprint density at radius 2 is 0.857 bits per heavy atom. The third-order valence-corrected chi connectivity index (χ3v) is 14.0. The molecule has 2 nitrogen and oxygen atoms in total. The van der Waals surface area contributed by atoms with Crippen molar-refractivity contribution in [3.8, 4) is 33.4 Å². The SMILES string of the molecule is c1ccc(-c2ccc(N(c3ccccc3)c3ccc4c(c3)C(c3ccccc3)(c3ccccc3)c3cc(-c5ccc6c(c5)c5ccccc5n6C5CCCCC5)ccc3-4)cc2)cc1. The van der Waals surface area contributed by atoms with Crippen LogP contribution in [0.15, 0.2) is 224 Å². The molecular formula is C61H48N2. The van der Waals surface area contributed by atoms with Gasteiger partial charge in [-0.3, -0.25) is 0 Å². The number of nitrogens with zero attached hydrogens (tertiary/aromatic N) is 2. The molecule has 10 aromatic rings. The van der Waals surface area contributed by atoms with E-state index in [-0.39, 0.29) is 0 Å². The maximum absolute atomic E-state index is 2.66. The minimum absolute atomic E-state index is 0.555. The van der Waals surface area contributed by atoms with Crippen LogP contribution < -0.4 is 4.90 Å². The van der Waals surface area contributed by atoms with Gasteiger partial charge in [-0.15, -0.1) is 0 Å². The number of hydrogen-bond acceptors (Lipinski definition) is 1. The highest BCUT2D eigenvalue weighted by Crippen LogP contribution is 2.58. The zero-order valence-corrected chi connectivity index (χ0v) is 35.4. The smallest absolute Gasteiger partial charge is 0.0714 e. The van der Waals surface area contributed by atoms with Crippen LogP contribution in [0, 0.1) is 0 Å². The quantitative estimate of drug-likeness (QED) is 0.148. The van der Waals surface area contributed by atoms with Crippen molar-refractivity contribution in [3.63, 3.8) is 0 Å². The van der Waals surface area contributed by atoms with E-state index in [0.29, 0.717) is 6.04 Å². The Hall–Kier alpha value is -7.42. The number of benzene rings is 9. The fourth-order valence-corrected chi connectivity index (χ4v) is 11.2. The van der Waals surface area contributed by atoms with Crippen molar-refractivity contribution in [2.45, 2.75) is 43.6 Å². The zero-order valence-electron chi connectivity index (χ0n) is 35.4. The highest BCUT2D eigenvalue weighted by atomic mass is 15.1. The highest BCUT2D eigenvalue weighted by molar-refractivity contribution is 6.09. The molecule has 0 saturated heterocycles. The topological polar surface area (TPSA) is 8.17 Å². The Morgan fingerprint density at radius 1 is 0.365 bits per heavy atom. The fraction of sp³-hybridized carbons (Fsp3) is 0.115. The summed E-state index contributed by atoms with van der Waals surface area (Å²) in [5.41, 5.74) is 18.1. The minimum Gasteiger partial charge on any atom is -0.337 e. The number of para-hydroxylation sites is 2. The standard InChI is InChI=1S/C61H48N2/c1-6-18-43(19-7-1)44-30-34-51(35-31-44)62(49-24-12-4-13-25-49)52-36-38-54-53-37-32-46(41-57(53)61(58(54)42-52,47-20-8-2-9-21-47)48-22-10-3-11-23-48)45-33-39-60-56(40-45)55-28-16-17-29-59(55)63(60)50-26-14-5-15-27-50/h1-4,6-13,16-25,28-42,50H,5,14-15,26-27H2. The molecule has 1 saturated carbocycles. The van der Waals surface area contributed by atoms with E-state index >= 15 is 0 Å². The van der Waals surface area contributed by atoms with Crippen molar-refractivity contribution in [2.75, 3.05) is 4.90 Å². The minimum atomic E-state index is -0.570. The summed E-state index contributed by atoms with van der Waals surface area (Å²) < 4.78 is 2.66. The maximum Gasteiger partial charge on any atom is 0.0714 e. The van der Waals surface area contributed by atoms with Gasteiger partial charge in [-0.1, -0.05) is 183 Å². The van der Waals surface area contributed by atoms with E-state index in [0.717, 1.165) is 17.1 Å². The first-order chi connectivity index (χ1) is 31.3. The van der Waals surface area contributed by atoms with Gasteiger partial charge in [0.25, 0.3) is 0 Å². The van der Waals surface area contributed by atoms with Gasteiger partial charge in [-0.05, 0) is 129 Å². The van der Waals surface area contributed by atoms with Crippen LogP contribution in [0.25, 0.3) is 55.2 Å². The van der Waals surface area contributed by atoms with Gasteiger partial charge in [-0.25, -0.2) is 0 Å². The molecule has 0 bridgehead atoms. The zero-order chi connectivity index (χ0) is 41.7. The molecule has 9 aromatic carbocycles. The molecule has 1 fully saturated rings. The molecule has 0 N–H and O–H groups in total. The van der Waals surface area contributed by atoms with Crippen LogP contribution in [-0.4, -0.2) is 4.57 Å².